The molecule has 2 aromatic carbocycles. The van der Waals surface area contributed by atoms with Crippen LogP contribution >= 0.6 is 0 Å². The Morgan fingerprint density at radius 2 is 1.98 bits per heavy atom. The number of phenols is 1. The van der Waals surface area contributed by atoms with Crippen molar-refractivity contribution in [1.29, 1.82) is 0 Å². The largest absolute Gasteiger partial charge is 0.506 e. The zero-order valence-electron chi connectivity index (χ0n) is 22.6. The SMILES string of the molecule is CN(C(=O)/C=C/c1cccc(C(F)(F)F)c1)[C@@H]1CC[C@@]2(O)[C@H]3Cc4ccc(O)c(N)c4[C@@]2(CCN3CC2CC2)C1. The summed E-state index contributed by atoms with van der Waals surface area (Å²) in [7, 11) is 1.71. The first-order chi connectivity index (χ1) is 18.9. The summed E-state index contributed by atoms with van der Waals surface area (Å²) in [6, 6.07) is 8.17. The maximum Gasteiger partial charge on any atom is 0.416 e. The van der Waals surface area contributed by atoms with Gasteiger partial charge >= 0.3 is 6.18 Å². The van der Waals surface area contributed by atoms with E-state index in [1.807, 2.05) is 6.07 Å². The van der Waals surface area contributed by atoms with Gasteiger partial charge in [0.2, 0.25) is 5.91 Å². The second-order valence-corrected chi connectivity index (χ2v) is 12.2. The van der Waals surface area contributed by atoms with Crippen LogP contribution in [0.4, 0.5) is 18.9 Å². The molecule has 6 rings (SSSR count). The minimum absolute atomic E-state index is 0.00455. The third kappa shape index (κ3) is 4.38. The number of fused-ring (bicyclic) bond motifs is 1. The highest BCUT2D eigenvalue weighted by atomic mass is 19.4. The molecule has 4 N–H and O–H groups in total. The van der Waals surface area contributed by atoms with E-state index in [4.69, 9.17) is 5.73 Å². The van der Waals surface area contributed by atoms with Crippen molar-refractivity contribution in [3.8, 4) is 5.75 Å². The van der Waals surface area contributed by atoms with Crippen LogP contribution in [-0.4, -0.2) is 63.7 Å². The van der Waals surface area contributed by atoms with Gasteiger partial charge in [-0.3, -0.25) is 9.69 Å². The zero-order chi connectivity index (χ0) is 28.4. The Labute approximate surface area is 232 Å². The molecular formula is C31H36F3N3O3. The number of amides is 1. The number of nitrogen functional groups attached to an aromatic ring is 1. The molecule has 2 aromatic rings. The highest BCUT2D eigenvalue weighted by molar-refractivity contribution is 5.92. The van der Waals surface area contributed by atoms with Crippen LogP contribution in [0.15, 0.2) is 42.5 Å². The lowest BCUT2D eigenvalue weighted by Crippen LogP contribution is -2.74. The number of phenolic OH excluding ortho intramolecular Hbond substituents is 1. The molecule has 0 radical (unpaired) electrons. The number of anilines is 1. The highest BCUT2D eigenvalue weighted by Gasteiger charge is 2.65. The standard InChI is InChI=1S/C31H36F3N3O3/c1-36(26(39)10-7-19-3-2-4-22(15-19)31(32,33)34)23-11-12-30(40)25-16-21-8-9-24(38)28(35)27(21)29(30,17-23)13-14-37(25)18-20-5-6-20/h2-4,7-10,15,20,23,25,38,40H,5-6,11-14,16-18,35H2,1H3/b10-7+/t23-,25-,29-,30-/m1/s1. The fraction of sp³-hybridized carbons (Fsp3) is 0.516. The maximum atomic E-state index is 13.2. The molecule has 0 aromatic heterocycles. The number of carbonyl (C=O) groups is 1. The number of alkyl halides is 3. The van der Waals surface area contributed by atoms with Gasteiger partial charge in [-0.1, -0.05) is 18.2 Å². The summed E-state index contributed by atoms with van der Waals surface area (Å²) in [5.74, 6) is 0.378. The lowest BCUT2D eigenvalue weighted by molar-refractivity contribution is -0.177. The average molecular weight is 556 g/mol. The molecule has 0 spiro atoms. The Morgan fingerprint density at radius 1 is 1.20 bits per heavy atom. The van der Waals surface area contributed by atoms with Crippen LogP contribution in [0.1, 0.15) is 60.8 Å². The van der Waals surface area contributed by atoms with E-state index in [0.29, 0.717) is 49.3 Å². The predicted molar refractivity (Wildman–Crippen MR) is 146 cm³/mol. The van der Waals surface area contributed by atoms with Gasteiger partial charge in [-0.05, 0) is 98.4 Å². The zero-order valence-corrected chi connectivity index (χ0v) is 22.6. The van der Waals surface area contributed by atoms with Crippen molar-refractivity contribution in [3.63, 3.8) is 0 Å². The smallest absolute Gasteiger partial charge is 0.416 e. The quantitative estimate of drug-likeness (QED) is 0.282. The predicted octanol–water partition coefficient (Wildman–Crippen LogP) is 4.73. The molecule has 3 aliphatic carbocycles. The lowest BCUT2D eigenvalue weighted by Gasteiger charge is -2.65. The first-order valence-corrected chi connectivity index (χ1v) is 14.1. The number of benzene rings is 2. The molecule has 40 heavy (non-hydrogen) atoms. The number of halogens is 3. The summed E-state index contributed by atoms with van der Waals surface area (Å²) >= 11 is 0. The fourth-order valence-corrected chi connectivity index (χ4v) is 7.71. The highest BCUT2D eigenvalue weighted by Crippen LogP contribution is 2.61. The lowest BCUT2D eigenvalue weighted by atomic mass is 9.48. The maximum absolute atomic E-state index is 13.2. The van der Waals surface area contributed by atoms with Gasteiger partial charge in [-0.25, -0.2) is 0 Å². The van der Waals surface area contributed by atoms with Crippen molar-refractivity contribution in [2.75, 3.05) is 25.9 Å². The van der Waals surface area contributed by atoms with Crippen molar-refractivity contribution in [3.05, 3.63) is 64.7 Å². The van der Waals surface area contributed by atoms with Crippen LogP contribution in [0.3, 0.4) is 0 Å². The summed E-state index contributed by atoms with van der Waals surface area (Å²) < 4.78 is 39.3. The number of carbonyl (C=O) groups excluding carboxylic acids is 1. The van der Waals surface area contributed by atoms with Gasteiger partial charge in [0.25, 0.3) is 0 Å². The molecule has 1 saturated heterocycles. The minimum Gasteiger partial charge on any atom is -0.506 e. The molecule has 9 heteroatoms. The van der Waals surface area contributed by atoms with Gasteiger partial charge < -0.3 is 20.8 Å². The number of likely N-dealkylation sites (tertiary alicyclic amines) is 1. The van der Waals surface area contributed by atoms with Gasteiger partial charge in [0.05, 0.1) is 16.9 Å². The van der Waals surface area contributed by atoms with Crippen molar-refractivity contribution in [2.24, 2.45) is 5.92 Å². The molecule has 0 unspecified atom stereocenters. The van der Waals surface area contributed by atoms with E-state index >= 15 is 0 Å². The number of rotatable bonds is 5. The summed E-state index contributed by atoms with van der Waals surface area (Å²) in [5, 5.41) is 23.1. The molecule has 214 valence electrons. The monoisotopic (exact) mass is 555 g/mol. The number of hydrogen-bond donors (Lipinski definition) is 3. The second-order valence-electron chi connectivity index (χ2n) is 12.2. The number of aromatic hydroxyl groups is 1. The molecule has 1 aliphatic heterocycles. The number of aliphatic hydroxyl groups is 1. The summed E-state index contributed by atoms with van der Waals surface area (Å²) in [5.41, 5.74) is 6.47. The van der Waals surface area contributed by atoms with E-state index in [1.54, 1.807) is 18.0 Å². The normalized spacial score (nSPS) is 30.1. The van der Waals surface area contributed by atoms with Gasteiger partial charge in [-0.15, -0.1) is 0 Å². The van der Waals surface area contributed by atoms with Crippen LogP contribution in [0.2, 0.25) is 0 Å². The number of nitrogens with two attached hydrogens (primary N) is 1. The molecule has 4 atom stereocenters. The van der Waals surface area contributed by atoms with Crippen molar-refractivity contribution in [1.82, 2.24) is 9.80 Å². The number of hydrogen-bond acceptors (Lipinski definition) is 5. The molecule has 1 heterocycles. The number of likely N-dealkylation sites (N-methyl/N-ethyl adjacent to an activating group) is 1. The van der Waals surface area contributed by atoms with E-state index in [9.17, 15) is 28.2 Å². The average Bonchev–Trinajstić information content (AvgIpc) is 3.74. The van der Waals surface area contributed by atoms with Gasteiger partial charge in [-0.2, -0.15) is 13.2 Å². The third-order valence-electron chi connectivity index (χ3n) is 10.0. The molecular weight excluding hydrogens is 519 g/mol. The van der Waals surface area contributed by atoms with E-state index < -0.39 is 22.8 Å². The van der Waals surface area contributed by atoms with Crippen LogP contribution in [-0.2, 0) is 22.8 Å². The van der Waals surface area contributed by atoms with Crippen molar-refractivity contribution in [2.45, 2.75) is 74.2 Å². The summed E-state index contributed by atoms with van der Waals surface area (Å²) in [4.78, 5) is 17.3. The van der Waals surface area contributed by atoms with Crippen LogP contribution in [0.5, 0.6) is 5.75 Å². The molecule has 1 amide bonds. The summed E-state index contributed by atoms with van der Waals surface area (Å²) in [6.45, 7) is 1.80. The van der Waals surface area contributed by atoms with Gasteiger partial charge in [0.15, 0.2) is 0 Å². The first kappa shape index (κ1) is 27.1. The van der Waals surface area contributed by atoms with E-state index in [1.165, 1.54) is 37.1 Å². The van der Waals surface area contributed by atoms with Crippen LogP contribution < -0.4 is 5.73 Å². The van der Waals surface area contributed by atoms with E-state index in [0.717, 1.165) is 36.3 Å². The van der Waals surface area contributed by atoms with Crippen molar-refractivity contribution >= 4 is 17.7 Å². The number of piperidine rings is 1. The molecule has 2 saturated carbocycles. The molecule has 3 fully saturated rings. The molecule has 4 aliphatic rings. The van der Waals surface area contributed by atoms with Crippen LogP contribution in [0.25, 0.3) is 6.08 Å². The Hall–Kier alpha value is -3.04. The Balaban J connectivity index is 1.29. The topological polar surface area (TPSA) is 90.0 Å². The van der Waals surface area contributed by atoms with E-state index in [-0.39, 0.29) is 23.7 Å². The van der Waals surface area contributed by atoms with Crippen molar-refractivity contribution < 1.29 is 28.2 Å². The Morgan fingerprint density at radius 3 is 2.70 bits per heavy atom. The minimum atomic E-state index is -4.46. The third-order valence-corrected chi connectivity index (χ3v) is 10.0. The number of nitrogens with zero attached hydrogens (tertiary/aromatic N) is 2. The Bertz CT molecular complexity index is 1360. The Kier molecular flexibility index (Phi) is 6.46. The van der Waals surface area contributed by atoms with Gasteiger partial charge in [0, 0.05) is 37.2 Å². The van der Waals surface area contributed by atoms with Gasteiger partial charge in [0.1, 0.15) is 5.75 Å². The van der Waals surface area contributed by atoms with Crippen LogP contribution in [0, 0.1) is 5.92 Å². The molecule has 6 nitrogen and oxygen atoms in total. The summed E-state index contributed by atoms with van der Waals surface area (Å²) in [6.07, 6.45) is 3.65. The fourth-order valence-electron chi connectivity index (χ4n) is 7.71. The van der Waals surface area contributed by atoms with E-state index in [2.05, 4.69) is 4.90 Å². The second kappa shape index (κ2) is 9.52. The first-order valence-electron chi connectivity index (χ1n) is 14.1. The molecule has 2 bridgehead atoms.